The van der Waals surface area contributed by atoms with Gasteiger partial charge in [0, 0.05) is 30.6 Å². The summed E-state index contributed by atoms with van der Waals surface area (Å²) in [5.74, 6) is 0.853. The van der Waals surface area contributed by atoms with E-state index in [1.54, 1.807) is 6.07 Å². The van der Waals surface area contributed by atoms with Crippen molar-refractivity contribution < 1.29 is 9.32 Å². The lowest BCUT2D eigenvalue weighted by atomic mass is 9.93. The summed E-state index contributed by atoms with van der Waals surface area (Å²) in [5.41, 5.74) is 7.29. The maximum atomic E-state index is 12.4. The van der Waals surface area contributed by atoms with Crippen molar-refractivity contribution in [3.63, 3.8) is 0 Å². The van der Waals surface area contributed by atoms with Gasteiger partial charge < -0.3 is 15.2 Å². The van der Waals surface area contributed by atoms with E-state index in [4.69, 9.17) is 10.3 Å². The normalized spacial score (nSPS) is 20.0. The van der Waals surface area contributed by atoms with E-state index >= 15 is 0 Å². The van der Waals surface area contributed by atoms with Gasteiger partial charge in [0.05, 0.1) is 5.69 Å². The van der Waals surface area contributed by atoms with Crippen molar-refractivity contribution in [1.29, 1.82) is 0 Å². The molecule has 2 aliphatic rings. The van der Waals surface area contributed by atoms with Crippen molar-refractivity contribution in [2.45, 2.75) is 31.6 Å². The molecule has 0 atom stereocenters. The fraction of sp³-hybridized carbons (Fsp3) is 0.467. The third-order valence-electron chi connectivity index (χ3n) is 3.99. The highest BCUT2D eigenvalue weighted by atomic mass is 16.5. The lowest BCUT2D eigenvalue weighted by Gasteiger charge is -2.31. The molecule has 1 aromatic heterocycles. The third-order valence-corrected chi connectivity index (χ3v) is 3.99. The Bertz CT molecular complexity index is 551. The maximum Gasteiger partial charge on any atom is 0.253 e. The standard InChI is InChI=1S/C15H19N3O2/c16-14-10-13(17-20-14)11-6-8-18(9-7-11)15(19)12-4-2-1-3-5-12/h2,4-5,10-11H,1,3,6-9,16H2. The van der Waals surface area contributed by atoms with Crippen molar-refractivity contribution in [1.82, 2.24) is 10.1 Å². The molecule has 3 rings (SSSR count). The molecule has 0 radical (unpaired) electrons. The first kappa shape index (κ1) is 13.0. The number of nitrogen functional groups attached to an aromatic ring is 1. The summed E-state index contributed by atoms with van der Waals surface area (Å²) in [4.78, 5) is 14.3. The Hall–Kier alpha value is -2.04. The Kier molecular flexibility index (Phi) is 3.58. The second kappa shape index (κ2) is 5.53. The van der Waals surface area contributed by atoms with Crippen LogP contribution < -0.4 is 5.73 Å². The summed E-state index contributed by atoms with van der Waals surface area (Å²) in [6.45, 7) is 1.53. The molecule has 1 aromatic rings. The number of likely N-dealkylation sites (tertiary alicyclic amines) is 1. The second-order valence-electron chi connectivity index (χ2n) is 5.36. The maximum absolute atomic E-state index is 12.4. The molecule has 5 heteroatoms. The summed E-state index contributed by atoms with van der Waals surface area (Å²) < 4.78 is 4.92. The number of rotatable bonds is 2. The molecule has 1 amide bonds. The van der Waals surface area contributed by atoms with Crippen LogP contribution in [0.4, 0.5) is 5.88 Å². The van der Waals surface area contributed by atoms with Crippen molar-refractivity contribution in [2.75, 3.05) is 18.8 Å². The minimum absolute atomic E-state index is 0.152. The van der Waals surface area contributed by atoms with Gasteiger partial charge in [-0.2, -0.15) is 0 Å². The van der Waals surface area contributed by atoms with Crippen molar-refractivity contribution in [3.8, 4) is 0 Å². The molecular weight excluding hydrogens is 254 g/mol. The average Bonchev–Trinajstić information content (AvgIpc) is 2.94. The van der Waals surface area contributed by atoms with Crippen LogP contribution in [0.2, 0.25) is 0 Å². The number of aromatic nitrogens is 1. The van der Waals surface area contributed by atoms with Crippen molar-refractivity contribution in [2.24, 2.45) is 0 Å². The van der Waals surface area contributed by atoms with Crippen LogP contribution in [0, 0.1) is 0 Å². The molecule has 106 valence electrons. The van der Waals surface area contributed by atoms with Gasteiger partial charge in [-0.3, -0.25) is 4.79 Å². The molecule has 5 nitrogen and oxygen atoms in total. The number of carbonyl (C=O) groups excluding carboxylic acids is 1. The van der Waals surface area contributed by atoms with Gasteiger partial charge in [-0.15, -0.1) is 0 Å². The fourth-order valence-electron chi connectivity index (χ4n) is 2.83. The molecule has 1 aliphatic carbocycles. The van der Waals surface area contributed by atoms with E-state index in [0.717, 1.165) is 50.0 Å². The van der Waals surface area contributed by atoms with Gasteiger partial charge in [-0.05, 0) is 25.7 Å². The molecule has 0 aromatic carbocycles. The number of hydrogen-bond donors (Lipinski definition) is 1. The molecule has 1 fully saturated rings. The van der Waals surface area contributed by atoms with Crippen LogP contribution in [-0.2, 0) is 4.79 Å². The van der Waals surface area contributed by atoms with Crippen LogP contribution in [0.5, 0.6) is 0 Å². The molecule has 2 heterocycles. The number of carbonyl (C=O) groups is 1. The number of amides is 1. The third kappa shape index (κ3) is 2.61. The summed E-state index contributed by atoms with van der Waals surface area (Å²) in [5, 5.41) is 3.97. The minimum atomic E-state index is 0.152. The van der Waals surface area contributed by atoms with E-state index in [2.05, 4.69) is 11.2 Å². The molecule has 2 N–H and O–H groups in total. The Labute approximate surface area is 118 Å². The molecule has 1 aliphatic heterocycles. The van der Waals surface area contributed by atoms with Crippen LogP contribution in [0.15, 0.2) is 34.4 Å². The van der Waals surface area contributed by atoms with E-state index in [0.29, 0.717) is 11.8 Å². The monoisotopic (exact) mass is 273 g/mol. The zero-order valence-electron chi connectivity index (χ0n) is 11.4. The molecular formula is C15H19N3O2. The highest BCUT2D eigenvalue weighted by Crippen LogP contribution is 2.29. The second-order valence-corrected chi connectivity index (χ2v) is 5.36. The van der Waals surface area contributed by atoms with Gasteiger partial charge in [-0.1, -0.05) is 23.4 Å². The topological polar surface area (TPSA) is 72.4 Å². The lowest BCUT2D eigenvalue weighted by Crippen LogP contribution is -2.38. The smallest absolute Gasteiger partial charge is 0.253 e. The van der Waals surface area contributed by atoms with Crippen LogP contribution in [0.1, 0.15) is 37.3 Å². The highest BCUT2D eigenvalue weighted by Gasteiger charge is 2.26. The SMILES string of the molecule is Nc1cc(C2CCN(C(=O)C3=CCCC=C3)CC2)no1. The fourth-order valence-corrected chi connectivity index (χ4v) is 2.83. The van der Waals surface area contributed by atoms with E-state index < -0.39 is 0 Å². The Morgan fingerprint density at radius 3 is 2.75 bits per heavy atom. The summed E-state index contributed by atoms with van der Waals surface area (Å²) >= 11 is 0. The van der Waals surface area contributed by atoms with Crippen LogP contribution in [0.25, 0.3) is 0 Å². The largest absolute Gasteiger partial charge is 0.368 e. The highest BCUT2D eigenvalue weighted by molar-refractivity contribution is 5.96. The molecule has 20 heavy (non-hydrogen) atoms. The number of allylic oxidation sites excluding steroid dienone is 2. The zero-order chi connectivity index (χ0) is 13.9. The van der Waals surface area contributed by atoms with Gasteiger partial charge in [-0.25, -0.2) is 0 Å². The number of piperidine rings is 1. The van der Waals surface area contributed by atoms with Crippen molar-refractivity contribution >= 4 is 11.8 Å². The minimum Gasteiger partial charge on any atom is -0.368 e. The number of anilines is 1. The summed E-state index contributed by atoms with van der Waals surface area (Å²) in [7, 11) is 0. The molecule has 0 bridgehead atoms. The Morgan fingerprint density at radius 2 is 2.15 bits per heavy atom. The zero-order valence-corrected chi connectivity index (χ0v) is 11.4. The van der Waals surface area contributed by atoms with Gasteiger partial charge >= 0.3 is 0 Å². The van der Waals surface area contributed by atoms with E-state index in [1.165, 1.54) is 0 Å². The van der Waals surface area contributed by atoms with Gasteiger partial charge in [0.15, 0.2) is 0 Å². The van der Waals surface area contributed by atoms with Gasteiger partial charge in [0.1, 0.15) is 0 Å². The quantitative estimate of drug-likeness (QED) is 0.897. The van der Waals surface area contributed by atoms with Crippen LogP contribution in [0.3, 0.4) is 0 Å². The molecule has 0 spiro atoms. The number of hydrogen-bond acceptors (Lipinski definition) is 4. The van der Waals surface area contributed by atoms with Gasteiger partial charge in [0.25, 0.3) is 5.91 Å². The summed E-state index contributed by atoms with van der Waals surface area (Å²) in [6.07, 6.45) is 9.86. The van der Waals surface area contributed by atoms with Gasteiger partial charge in [0.2, 0.25) is 5.88 Å². The van der Waals surface area contributed by atoms with E-state index in [-0.39, 0.29) is 5.91 Å². The van der Waals surface area contributed by atoms with Crippen molar-refractivity contribution in [3.05, 3.63) is 35.6 Å². The van der Waals surface area contributed by atoms with Crippen LogP contribution >= 0.6 is 0 Å². The molecule has 0 saturated carbocycles. The van der Waals surface area contributed by atoms with E-state index in [9.17, 15) is 4.79 Å². The predicted molar refractivity (Wildman–Crippen MR) is 75.9 cm³/mol. The first-order valence-corrected chi connectivity index (χ1v) is 7.12. The van der Waals surface area contributed by atoms with E-state index in [1.807, 2.05) is 17.1 Å². The first-order valence-electron chi connectivity index (χ1n) is 7.12. The summed E-state index contributed by atoms with van der Waals surface area (Å²) in [6, 6.07) is 1.79. The van der Waals surface area contributed by atoms with Crippen LogP contribution in [-0.4, -0.2) is 29.1 Å². The average molecular weight is 273 g/mol. The molecule has 1 saturated heterocycles. The Balaban J connectivity index is 1.59. The molecule has 0 unspecified atom stereocenters. The number of nitrogens with zero attached hydrogens (tertiary/aromatic N) is 2. The predicted octanol–water partition coefficient (Wildman–Crippen LogP) is 2.24. The Morgan fingerprint density at radius 1 is 1.35 bits per heavy atom. The lowest BCUT2D eigenvalue weighted by molar-refractivity contribution is -0.127. The first-order chi connectivity index (χ1) is 9.74. The number of nitrogens with two attached hydrogens (primary N) is 1.